The van der Waals surface area contributed by atoms with Crippen molar-refractivity contribution < 1.29 is 9.53 Å². The van der Waals surface area contributed by atoms with E-state index in [4.69, 9.17) is 16.3 Å². The average molecular weight is 382 g/mol. The van der Waals surface area contributed by atoms with Crippen LogP contribution in [0.2, 0.25) is 5.02 Å². The highest BCUT2D eigenvalue weighted by Crippen LogP contribution is 2.22. The number of carbonyl (C=O) groups is 1. The van der Waals surface area contributed by atoms with Crippen LogP contribution in [0, 0.1) is 0 Å². The number of carbonyl (C=O) groups excluding carboxylic acids is 1. The van der Waals surface area contributed by atoms with Crippen molar-refractivity contribution in [2.24, 2.45) is 5.10 Å². The van der Waals surface area contributed by atoms with E-state index in [0.29, 0.717) is 22.0 Å². The molecule has 0 heterocycles. The van der Waals surface area contributed by atoms with Crippen LogP contribution in [0.25, 0.3) is 0 Å². The molecule has 2 aromatic rings. The molecule has 0 aliphatic rings. The van der Waals surface area contributed by atoms with Gasteiger partial charge < -0.3 is 4.74 Å². The number of nitrogens with zero attached hydrogens (tertiary/aromatic N) is 1. The molecule has 0 fully saturated rings. The number of methoxy groups -OCH3 is 1. The number of hydrogen-bond acceptors (Lipinski definition) is 3. The summed E-state index contributed by atoms with van der Waals surface area (Å²) in [7, 11) is 1.52. The Hall–Kier alpha value is -1.85. The largest absolute Gasteiger partial charge is 0.496 e. The minimum atomic E-state index is -0.341. The molecule has 0 saturated heterocycles. The summed E-state index contributed by atoms with van der Waals surface area (Å²) in [6, 6.07) is 12.4. The van der Waals surface area contributed by atoms with E-state index in [1.807, 2.05) is 19.1 Å². The van der Waals surface area contributed by atoms with Crippen molar-refractivity contribution in [1.29, 1.82) is 0 Å². The first-order valence-corrected chi connectivity index (χ1v) is 7.62. The topological polar surface area (TPSA) is 50.7 Å². The fraction of sp³-hybridized carbons (Fsp3) is 0.125. The number of amides is 1. The van der Waals surface area contributed by atoms with E-state index in [9.17, 15) is 4.79 Å². The standard InChI is InChI=1S/C16H14BrClN2O2/c1-10(11-3-6-13(18)7-4-11)19-20-16(21)14-9-12(17)5-8-15(14)22-2/h3-9H,1-2H3,(H,20,21)/b19-10-. The molecule has 0 bridgehead atoms. The highest BCUT2D eigenvalue weighted by atomic mass is 79.9. The minimum Gasteiger partial charge on any atom is -0.496 e. The first-order valence-electron chi connectivity index (χ1n) is 6.45. The molecule has 4 nitrogen and oxygen atoms in total. The molecular formula is C16H14BrClN2O2. The van der Waals surface area contributed by atoms with Gasteiger partial charge in [-0.05, 0) is 42.8 Å². The lowest BCUT2D eigenvalue weighted by atomic mass is 10.1. The molecule has 0 aliphatic heterocycles. The molecule has 0 aromatic heterocycles. The zero-order valence-corrected chi connectivity index (χ0v) is 14.4. The van der Waals surface area contributed by atoms with E-state index < -0.39 is 0 Å². The van der Waals surface area contributed by atoms with Gasteiger partial charge in [0.15, 0.2) is 0 Å². The van der Waals surface area contributed by atoms with Crippen molar-refractivity contribution in [2.75, 3.05) is 7.11 Å². The Morgan fingerprint density at radius 1 is 1.23 bits per heavy atom. The zero-order chi connectivity index (χ0) is 16.1. The normalized spacial score (nSPS) is 11.2. The Bertz CT molecular complexity index is 715. The van der Waals surface area contributed by atoms with Crippen LogP contribution >= 0.6 is 27.5 Å². The van der Waals surface area contributed by atoms with Crippen molar-refractivity contribution >= 4 is 39.1 Å². The molecular weight excluding hydrogens is 368 g/mol. The van der Waals surface area contributed by atoms with Crippen LogP contribution in [0.3, 0.4) is 0 Å². The second-order valence-corrected chi connectivity index (χ2v) is 5.84. The molecule has 0 radical (unpaired) electrons. The van der Waals surface area contributed by atoms with Gasteiger partial charge in [0.2, 0.25) is 0 Å². The quantitative estimate of drug-likeness (QED) is 0.635. The Kier molecular flexibility index (Phi) is 5.57. The van der Waals surface area contributed by atoms with E-state index >= 15 is 0 Å². The van der Waals surface area contributed by atoms with E-state index in [0.717, 1.165) is 10.0 Å². The summed E-state index contributed by atoms with van der Waals surface area (Å²) < 4.78 is 5.97. The van der Waals surface area contributed by atoms with Crippen LogP contribution in [0.4, 0.5) is 0 Å². The van der Waals surface area contributed by atoms with Crippen molar-refractivity contribution in [2.45, 2.75) is 6.92 Å². The summed E-state index contributed by atoms with van der Waals surface area (Å²) in [6.07, 6.45) is 0. The molecule has 0 saturated carbocycles. The van der Waals surface area contributed by atoms with E-state index in [1.54, 1.807) is 30.3 Å². The smallest absolute Gasteiger partial charge is 0.275 e. The van der Waals surface area contributed by atoms with Crippen molar-refractivity contribution in [3.8, 4) is 5.75 Å². The number of hydrogen-bond donors (Lipinski definition) is 1. The Morgan fingerprint density at radius 3 is 2.55 bits per heavy atom. The number of benzene rings is 2. The Labute approximate surface area is 142 Å². The fourth-order valence-corrected chi connectivity index (χ4v) is 2.30. The minimum absolute atomic E-state index is 0.341. The molecule has 22 heavy (non-hydrogen) atoms. The van der Waals surface area contributed by atoms with Crippen LogP contribution < -0.4 is 10.2 Å². The van der Waals surface area contributed by atoms with Gasteiger partial charge in [0, 0.05) is 9.50 Å². The SMILES string of the molecule is COc1ccc(Br)cc1C(=O)N/N=C(/C)c1ccc(Cl)cc1. The van der Waals surface area contributed by atoms with Crippen molar-refractivity contribution in [3.63, 3.8) is 0 Å². The van der Waals surface area contributed by atoms with Crippen LogP contribution in [-0.4, -0.2) is 18.7 Å². The number of hydrazone groups is 1. The monoisotopic (exact) mass is 380 g/mol. The molecule has 0 aliphatic carbocycles. The molecule has 1 amide bonds. The number of rotatable bonds is 4. The zero-order valence-electron chi connectivity index (χ0n) is 12.1. The van der Waals surface area contributed by atoms with Gasteiger partial charge in [-0.25, -0.2) is 5.43 Å². The lowest BCUT2D eigenvalue weighted by molar-refractivity contribution is 0.0951. The molecule has 2 rings (SSSR count). The molecule has 2 aromatic carbocycles. The summed E-state index contributed by atoms with van der Waals surface area (Å²) in [5.41, 5.74) is 4.50. The van der Waals surface area contributed by atoms with Gasteiger partial charge in [0.1, 0.15) is 5.75 Å². The van der Waals surface area contributed by atoms with Gasteiger partial charge >= 0.3 is 0 Å². The van der Waals surface area contributed by atoms with E-state index in [2.05, 4.69) is 26.5 Å². The third kappa shape index (κ3) is 4.08. The van der Waals surface area contributed by atoms with Crippen LogP contribution in [0.1, 0.15) is 22.8 Å². The average Bonchev–Trinajstić information content (AvgIpc) is 2.53. The number of nitrogens with one attached hydrogen (secondary N) is 1. The molecule has 0 unspecified atom stereocenters. The maximum absolute atomic E-state index is 12.2. The van der Waals surface area contributed by atoms with E-state index in [-0.39, 0.29) is 5.91 Å². The third-order valence-corrected chi connectivity index (χ3v) is 3.74. The van der Waals surface area contributed by atoms with Gasteiger partial charge in [-0.15, -0.1) is 0 Å². The van der Waals surface area contributed by atoms with Gasteiger partial charge in [0.25, 0.3) is 5.91 Å². The van der Waals surface area contributed by atoms with Crippen molar-refractivity contribution in [3.05, 3.63) is 63.1 Å². The lowest BCUT2D eigenvalue weighted by Crippen LogP contribution is -2.20. The van der Waals surface area contributed by atoms with Crippen LogP contribution in [-0.2, 0) is 0 Å². The second-order valence-electron chi connectivity index (χ2n) is 4.49. The third-order valence-electron chi connectivity index (χ3n) is 2.99. The highest BCUT2D eigenvalue weighted by Gasteiger charge is 2.12. The predicted octanol–water partition coefficient (Wildman–Crippen LogP) is 4.27. The molecule has 1 N–H and O–H groups in total. The summed E-state index contributed by atoms with van der Waals surface area (Å²) in [5.74, 6) is 0.145. The maximum atomic E-state index is 12.2. The highest BCUT2D eigenvalue weighted by molar-refractivity contribution is 9.10. The Balaban J connectivity index is 2.17. The molecule has 6 heteroatoms. The molecule has 114 valence electrons. The predicted molar refractivity (Wildman–Crippen MR) is 91.8 cm³/mol. The summed E-state index contributed by atoms with van der Waals surface area (Å²) in [5, 5.41) is 4.76. The van der Waals surface area contributed by atoms with Gasteiger partial charge in [-0.1, -0.05) is 39.7 Å². The molecule has 0 spiro atoms. The molecule has 0 atom stereocenters. The number of ether oxygens (including phenoxy) is 1. The lowest BCUT2D eigenvalue weighted by Gasteiger charge is -2.08. The summed E-state index contributed by atoms with van der Waals surface area (Å²) in [6.45, 7) is 1.81. The van der Waals surface area contributed by atoms with Gasteiger partial charge in [0.05, 0.1) is 18.4 Å². The fourth-order valence-electron chi connectivity index (χ4n) is 1.81. The summed E-state index contributed by atoms with van der Waals surface area (Å²) >= 11 is 9.18. The van der Waals surface area contributed by atoms with Crippen LogP contribution in [0.5, 0.6) is 5.75 Å². The second kappa shape index (κ2) is 7.42. The Morgan fingerprint density at radius 2 is 1.91 bits per heavy atom. The van der Waals surface area contributed by atoms with E-state index in [1.165, 1.54) is 7.11 Å². The first kappa shape index (κ1) is 16.5. The number of halogens is 2. The summed E-state index contributed by atoms with van der Waals surface area (Å²) in [4.78, 5) is 12.2. The van der Waals surface area contributed by atoms with Crippen molar-refractivity contribution in [1.82, 2.24) is 5.43 Å². The maximum Gasteiger partial charge on any atom is 0.275 e. The van der Waals surface area contributed by atoms with Gasteiger partial charge in [-0.3, -0.25) is 4.79 Å². The van der Waals surface area contributed by atoms with Gasteiger partial charge in [-0.2, -0.15) is 5.10 Å². The first-order chi connectivity index (χ1) is 10.5. The van der Waals surface area contributed by atoms with Crippen LogP contribution in [0.15, 0.2) is 52.0 Å².